The molecule has 0 amide bonds. The summed E-state index contributed by atoms with van der Waals surface area (Å²) < 4.78 is 0. The third kappa shape index (κ3) is 7.10. The van der Waals surface area contributed by atoms with Gasteiger partial charge in [-0.3, -0.25) is 0 Å². The zero-order valence-corrected chi connectivity index (χ0v) is 10.3. The van der Waals surface area contributed by atoms with Crippen LogP contribution in [-0.2, 0) is 0 Å². The summed E-state index contributed by atoms with van der Waals surface area (Å²) in [6.45, 7) is 11.8. The van der Waals surface area contributed by atoms with Gasteiger partial charge in [-0.15, -0.1) is 0 Å². The van der Waals surface area contributed by atoms with E-state index in [2.05, 4.69) is 34.6 Å². The van der Waals surface area contributed by atoms with Crippen molar-refractivity contribution in [1.82, 2.24) is 0 Å². The Morgan fingerprint density at radius 2 is 1.31 bits per heavy atom. The molecule has 0 nitrogen and oxygen atoms in total. The second-order valence-electron chi connectivity index (χ2n) is 5.07. The lowest BCUT2D eigenvalue weighted by molar-refractivity contribution is 0.315. The normalized spacial score (nSPS) is 16.2. The fourth-order valence-corrected chi connectivity index (χ4v) is 1.69. The predicted molar refractivity (Wildman–Crippen MR) is 61.9 cm³/mol. The molecule has 0 fully saturated rings. The van der Waals surface area contributed by atoms with E-state index in [-0.39, 0.29) is 0 Å². The first-order valence-corrected chi connectivity index (χ1v) is 6.07. The molecule has 0 saturated carbocycles. The number of unbranched alkanes of at least 4 members (excludes halogenated alkanes) is 1. The molecule has 0 heterocycles. The maximum atomic E-state index is 2.42. The molecule has 0 heteroatoms. The van der Waals surface area contributed by atoms with E-state index in [1.165, 1.54) is 32.1 Å². The van der Waals surface area contributed by atoms with Gasteiger partial charge in [-0.1, -0.05) is 66.7 Å². The van der Waals surface area contributed by atoms with E-state index in [9.17, 15) is 0 Å². The van der Waals surface area contributed by atoms with Crippen LogP contribution in [0.5, 0.6) is 0 Å². The molecular weight excluding hydrogens is 156 g/mol. The van der Waals surface area contributed by atoms with Crippen LogP contribution in [0.25, 0.3) is 0 Å². The highest BCUT2D eigenvalue weighted by molar-refractivity contribution is 4.63. The molecule has 2 atom stereocenters. The van der Waals surface area contributed by atoms with Crippen LogP contribution in [-0.4, -0.2) is 0 Å². The van der Waals surface area contributed by atoms with Crippen molar-refractivity contribution in [1.29, 1.82) is 0 Å². The summed E-state index contributed by atoms with van der Waals surface area (Å²) in [5.41, 5.74) is 0. The Hall–Kier alpha value is 0. The van der Waals surface area contributed by atoms with E-state index < -0.39 is 0 Å². The highest BCUT2D eigenvalue weighted by Gasteiger charge is 2.11. The molecule has 13 heavy (non-hydrogen) atoms. The Labute approximate surface area is 85.1 Å². The molecule has 0 rings (SSSR count). The van der Waals surface area contributed by atoms with Crippen molar-refractivity contribution >= 4 is 0 Å². The van der Waals surface area contributed by atoms with Gasteiger partial charge in [0.05, 0.1) is 0 Å². The highest BCUT2D eigenvalue weighted by Crippen LogP contribution is 2.23. The zero-order valence-electron chi connectivity index (χ0n) is 10.3. The van der Waals surface area contributed by atoms with Crippen LogP contribution in [0.15, 0.2) is 0 Å². The van der Waals surface area contributed by atoms with Crippen molar-refractivity contribution in [3.63, 3.8) is 0 Å². The Morgan fingerprint density at radius 3 is 1.77 bits per heavy atom. The van der Waals surface area contributed by atoms with Crippen LogP contribution in [0, 0.1) is 17.8 Å². The fourth-order valence-electron chi connectivity index (χ4n) is 1.69. The Morgan fingerprint density at radius 1 is 0.769 bits per heavy atom. The van der Waals surface area contributed by atoms with Gasteiger partial charge >= 0.3 is 0 Å². The summed E-state index contributed by atoms with van der Waals surface area (Å²) in [6.07, 6.45) is 7.00. The summed E-state index contributed by atoms with van der Waals surface area (Å²) in [7, 11) is 0. The van der Waals surface area contributed by atoms with Crippen LogP contribution in [0.2, 0.25) is 0 Å². The van der Waals surface area contributed by atoms with E-state index in [0.29, 0.717) is 0 Å². The quantitative estimate of drug-likeness (QED) is 0.528. The maximum absolute atomic E-state index is 2.42. The molecule has 0 radical (unpaired) electrons. The molecule has 0 N–H and O–H groups in total. The van der Waals surface area contributed by atoms with Crippen molar-refractivity contribution in [2.75, 3.05) is 0 Å². The van der Waals surface area contributed by atoms with Crippen LogP contribution in [0.1, 0.15) is 66.7 Å². The summed E-state index contributed by atoms with van der Waals surface area (Å²) >= 11 is 0. The van der Waals surface area contributed by atoms with Crippen LogP contribution < -0.4 is 0 Å². The third-order valence-corrected chi connectivity index (χ3v) is 3.18. The largest absolute Gasteiger partial charge is 0.0654 e. The van der Waals surface area contributed by atoms with Gasteiger partial charge in [0.15, 0.2) is 0 Å². The molecule has 0 aromatic rings. The first kappa shape index (κ1) is 13.0. The van der Waals surface area contributed by atoms with Crippen LogP contribution >= 0.6 is 0 Å². The average molecular weight is 184 g/mol. The van der Waals surface area contributed by atoms with Gasteiger partial charge in [0.1, 0.15) is 0 Å². The number of hydrogen-bond donors (Lipinski definition) is 0. The molecule has 0 aliphatic heterocycles. The standard InChI is InChI=1S/C13H28/c1-6-7-8-12(4)13(5)10-9-11(2)3/h11-13H,6-10H2,1-5H3/t12-,13+/m0/s1. The fraction of sp³-hybridized carbons (Fsp3) is 1.00. The Bertz CT molecular complexity index is 105. The van der Waals surface area contributed by atoms with E-state index in [1.54, 1.807) is 0 Å². The van der Waals surface area contributed by atoms with Crippen molar-refractivity contribution in [2.45, 2.75) is 66.7 Å². The van der Waals surface area contributed by atoms with Crippen molar-refractivity contribution in [3.8, 4) is 0 Å². The lowest BCUT2D eigenvalue weighted by atomic mass is 9.86. The van der Waals surface area contributed by atoms with Gasteiger partial charge in [0.25, 0.3) is 0 Å². The van der Waals surface area contributed by atoms with Crippen LogP contribution in [0.4, 0.5) is 0 Å². The molecule has 0 aromatic carbocycles. The van der Waals surface area contributed by atoms with E-state index >= 15 is 0 Å². The van der Waals surface area contributed by atoms with Gasteiger partial charge in [-0.05, 0) is 17.8 Å². The van der Waals surface area contributed by atoms with Gasteiger partial charge in [0, 0.05) is 0 Å². The molecule has 0 saturated heterocycles. The monoisotopic (exact) mass is 184 g/mol. The minimum absolute atomic E-state index is 0.876. The van der Waals surface area contributed by atoms with E-state index in [0.717, 1.165) is 17.8 Å². The Balaban J connectivity index is 3.50. The van der Waals surface area contributed by atoms with E-state index in [1.807, 2.05) is 0 Å². The topological polar surface area (TPSA) is 0 Å². The SMILES string of the molecule is CCCC[C@H](C)[C@H](C)CCC(C)C. The zero-order chi connectivity index (χ0) is 10.3. The molecule has 0 bridgehead atoms. The predicted octanol–water partition coefficient (Wildman–Crippen LogP) is 4.89. The number of rotatable bonds is 7. The van der Waals surface area contributed by atoms with Crippen LogP contribution in [0.3, 0.4) is 0 Å². The molecule has 0 unspecified atom stereocenters. The molecule has 0 aliphatic carbocycles. The molecular formula is C13H28. The Kier molecular flexibility index (Phi) is 7.41. The maximum Gasteiger partial charge on any atom is -0.0417 e. The van der Waals surface area contributed by atoms with Gasteiger partial charge in [-0.2, -0.15) is 0 Å². The minimum atomic E-state index is 0.876. The van der Waals surface area contributed by atoms with Gasteiger partial charge < -0.3 is 0 Å². The third-order valence-electron chi connectivity index (χ3n) is 3.18. The second-order valence-corrected chi connectivity index (χ2v) is 5.07. The summed E-state index contributed by atoms with van der Waals surface area (Å²) in [5, 5.41) is 0. The molecule has 0 spiro atoms. The summed E-state index contributed by atoms with van der Waals surface area (Å²) in [5.74, 6) is 2.73. The van der Waals surface area contributed by atoms with Crippen molar-refractivity contribution in [2.24, 2.45) is 17.8 Å². The smallest absolute Gasteiger partial charge is 0.0417 e. The average Bonchev–Trinajstić information content (AvgIpc) is 2.10. The van der Waals surface area contributed by atoms with Crippen molar-refractivity contribution in [3.05, 3.63) is 0 Å². The first-order valence-electron chi connectivity index (χ1n) is 6.07. The first-order chi connectivity index (χ1) is 6.07. The molecule has 80 valence electrons. The van der Waals surface area contributed by atoms with E-state index in [4.69, 9.17) is 0 Å². The summed E-state index contributed by atoms with van der Waals surface area (Å²) in [6, 6.07) is 0. The van der Waals surface area contributed by atoms with Gasteiger partial charge in [-0.25, -0.2) is 0 Å². The number of hydrogen-bond acceptors (Lipinski definition) is 0. The molecule has 0 aromatic heterocycles. The summed E-state index contributed by atoms with van der Waals surface area (Å²) in [4.78, 5) is 0. The van der Waals surface area contributed by atoms with Gasteiger partial charge in [0.2, 0.25) is 0 Å². The second kappa shape index (κ2) is 7.41. The van der Waals surface area contributed by atoms with Crippen molar-refractivity contribution < 1.29 is 0 Å². The highest BCUT2D eigenvalue weighted by atomic mass is 14.2. The minimum Gasteiger partial charge on any atom is -0.0654 e. The molecule has 0 aliphatic rings. The lowest BCUT2D eigenvalue weighted by Crippen LogP contribution is -2.09. The lowest BCUT2D eigenvalue weighted by Gasteiger charge is -2.20.